The maximum Gasteiger partial charge on any atom is 0.228 e. The van der Waals surface area contributed by atoms with Crippen LogP contribution in [0, 0.1) is 5.92 Å². The summed E-state index contributed by atoms with van der Waals surface area (Å²) in [7, 11) is 0. The molecule has 0 aromatic carbocycles. The number of nitrogens with zero attached hydrogens (tertiary/aromatic N) is 2. The third kappa shape index (κ3) is 2.92. The largest absolute Gasteiger partial charge is 0.369 e. The number of nitrogens with one attached hydrogen (secondary N) is 2. The number of rotatable bonds is 5. The second kappa shape index (κ2) is 4.92. The molecule has 0 spiro atoms. The molecule has 1 fully saturated rings. The minimum atomic E-state index is 0.0589. The molecule has 5 nitrogen and oxygen atoms in total. The Balaban J connectivity index is 1.88. The van der Waals surface area contributed by atoms with Gasteiger partial charge in [0.05, 0.1) is 0 Å². The van der Waals surface area contributed by atoms with Gasteiger partial charge in [0, 0.05) is 12.5 Å². The highest BCUT2D eigenvalue weighted by atomic mass is 16.2. The SMILES string of the molecule is CCCNc1ccc(NC(=O)C2CC2)nn1. The number of hydrogen-bond donors (Lipinski definition) is 2. The van der Waals surface area contributed by atoms with E-state index >= 15 is 0 Å². The Hall–Kier alpha value is -1.65. The van der Waals surface area contributed by atoms with Crippen molar-refractivity contribution in [3.05, 3.63) is 12.1 Å². The number of carbonyl (C=O) groups is 1. The first-order valence-corrected chi connectivity index (χ1v) is 5.68. The number of anilines is 2. The lowest BCUT2D eigenvalue weighted by molar-refractivity contribution is -0.117. The van der Waals surface area contributed by atoms with E-state index in [-0.39, 0.29) is 11.8 Å². The summed E-state index contributed by atoms with van der Waals surface area (Å²) in [5.74, 6) is 1.52. The zero-order chi connectivity index (χ0) is 11.4. The second-order valence-electron chi connectivity index (χ2n) is 3.99. The fourth-order valence-corrected chi connectivity index (χ4v) is 1.32. The number of aromatic nitrogens is 2. The zero-order valence-corrected chi connectivity index (χ0v) is 9.36. The molecule has 5 heteroatoms. The molecule has 2 rings (SSSR count). The highest BCUT2D eigenvalue weighted by Crippen LogP contribution is 2.29. The average molecular weight is 220 g/mol. The fraction of sp³-hybridized carbons (Fsp3) is 0.545. The van der Waals surface area contributed by atoms with E-state index in [0.717, 1.165) is 31.6 Å². The standard InChI is InChI=1S/C11H16N4O/c1-2-7-12-9-5-6-10(15-14-9)13-11(16)8-3-4-8/h5-6,8H,2-4,7H2,1H3,(H,12,14)(H,13,15,16). The third-order valence-corrected chi connectivity index (χ3v) is 2.42. The molecule has 0 bridgehead atoms. The van der Waals surface area contributed by atoms with E-state index in [9.17, 15) is 4.79 Å². The minimum Gasteiger partial charge on any atom is -0.369 e. The Labute approximate surface area is 94.6 Å². The first-order chi connectivity index (χ1) is 7.79. The highest BCUT2D eigenvalue weighted by Gasteiger charge is 2.29. The van der Waals surface area contributed by atoms with Crippen molar-refractivity contribution in [3.63, 3.8) is 0 Å². The first-order valence-electron chi connectivity index (χ1n) is 5.68. The molecule has 1 aromatic rings. The summed E-state index contributed by atoms with van der Waals surface area (Å²) in [4.78, 5) is 11.4. The van der Waals surface area contributed by atoms with E-state index in [2.05, 4.69) is 27.8 Å². The third-order valence-electron chi connectivity index (χ3n) is 2.42. The zero-order valence-electron chi connectivity index (χ0n) is 9.36. The molecular weight excluding hydrogens is 204 g/mol. The van der Waals surface area contributed by atoms with E-state index in [1.807, 2.05) is 6.07 Å². The van der Waals surface area contributed by atoms with Gasteiger partial charge < -0.3 is 10.6 Å². The predicted molar refractivity (Wildman–Crippen MR) is 62.2 cm³/mol. The lowest BCUT2D eigenvalue weighted by atomic mass is 10.4. The van der Waals surface area contributed by atoms with Crippen LogP contribution in [0.3, 0.4) is 0 Å². The molecule has 0 atom stereocenters. The maximum absolute atomic E-state index is 11.4. The van der Waals surface area contributed by atoms with Crippen LogP contribution in [0.4, 0.5) is 11.6 Å². The molecule has 1 aliphatic rings. The van der Waals surface area contributed by atoms with Gasteiger partial charge in [-0.05, 0) is 31.4 Å². The van der Waals surface area contributed by atoms with Crippen LogP contribution in [0.2, 0.25) is 0 Å². The van der Waals surface area contributed by atoms with Crippen LogP contribution in [-0.4, -0.2) is 22.6 Å². The van der Waals surface area contributed by atoms with Crippen molar-refractivity contribution in [1.29, 1.82) is 0 Å². The molecular formula is C11H16N4O. The minimum absolute atomic E-state index is 0.0589. The van der Waals surface area contributed by atoms with Gasteiger partial charge in [-0.1, -0.05) is 6.92 Å². The van der Waals surface area contributed by atoms with Gasteiger partial charge in [0.25, 0.3) is 0 Å². The van der Waals surface area contributed by atoms with Crippen molar-refractivity contribution in [1.82, 2.24) is 10.2 Å². The van der Waals surface area contributed by atoms with E-state index in [0.29, 0.717) is 5.82 Å². The molecule has 0 radical (unpaired) electrons. The van der Waals surface area contributed by atoms with Gasteiger partial charge in [-0.15, -0.1) is 10.2 Å². The summed E-state index contributed by atoms with van der Waals surface area (Å²) < 4.78 is 0. The van der Waals surface area contributed by atoms with Crippen LogP contribution in [0.15, 0.2) is 12.1 Å². The Morgan fingerprint density at radius 3 is 2.62 bits per heavy atom. The monoisotopic (exact) mass is 220 g/mol. The van der Waals surface area contributed by atoms with E-state index < -0.39 is 0 Å². The molecule has 1 aromatic heterocycles. The van der Waals surface area contributed by atoms with Crippen molar-refractivity contribution in [2.75, 3.05) is 17.2 Å². The Bertz CT molecular complexity index is 359. The summed E-state index contributed by atoms with van der Waals surface area (Å²) in [6.07, 6.45) is 3.03. The molecule has 16 heavy (non-hydrogen) atoms. The maximum atomic E-state index is 11.4. The van der Waals surface area contributed by atoms with Crippen LogP contribution in [0.5, 0.6) is 0 Å². The lowest BCUT2D eigenvalue weighted by Crippen LogP contribution is -2.15. The number of hydrogen-bond acceptors (Lipinski definition) is 4. The fourth-order valence-electron chi connectivity index (χ4n) is 1.32. The van der Waals surface area contributed by atoms with Gasteiger partial charge in [-0.3, -0.25) is 4.79 Å². The van der Waals surface area contributed by atoms with Crippen molar-refractivity contribution in [2.24, 2.45) is 5.92 Å². The topological polar surface area (TPSA) is 66.9 Å². The molecule has 0 aliphatic heterocycles. The van der Waals surface area contributed by atoms with Crippen molar-refractivity contribution in [2.45, 2.75) is 26.2 Å². The Morgan fingerprint density at radius 1 is 1.38 bits per heavy atom. The lowest BCUT2D eigenvalue weighted by Gasteiger charge is -2.04. The van der Waals surface area contributed by atoms with E-state index in [1.165, 1.54) is 0 Å². The van der Waals surface area contributed by atoms with Crippen molar-refractivity contribution in [3.8, 4) is 0 Å². The van der Waals surface area contributed by atoms with Crippen LogP contribution in [0.1, 0.15) is 26.2 Å². The van der Waals surface area contributed by atoms with Gasteiger partial charge in [0.1, 0.15) is 5.82 Å². The average Bonchev–Trinajstić information content (AvgIpc) is 3.12. The quantitative estimate of drug-likeness (QED) is 0.791. The molecule has 0 saturated heterocycles. The summed E-state index contributed by atoms with van der Waals surface area (Å²) >= 11 is 0. The molecule has 1 amide bonds. The van der Waals surface area contributed by atoms with Gasteiger partial charge >= 0.3 is 0 Å². The molecule has 1 heterocycles. The first kappa shape index (κ1) is 10.9. The Kier molecular flexibility index (Phi) is 3.34. The predicted octanol–water partition coefficient (Wildman–Crippen LogP) is 1.65. The van der Waals surface area contributed by atoms with Gasteiger partial charge in [-0.25, -0.2) is 0 Å². The summed E-state index contributed by atoms with van der Waals surface area (Å²) in [5, 5.41) is 13.8. The van der Waals surface area contributed by atoms with Gasteiger partial charge in [0.15, 0.2) is 5.82 Å². The Morgan fingerprint density at radius 2 is 2.06 bits per heavy atom. The highest BCUT2D eigenvalue weighted by molar-refractivity contribution is 5.93. The van der Waals surface area contributed by atoms with E-state index in [4.69, 9.17) is 0 Å². The van der Waals surface area contributed by atoms with Crippen molar-refractivity contribution < 1.29 is 4.79 Å². The normalized spacial score (nSPS) is 14.6. The van der Waals surface area contributed by atoms with Gasteiger partial charge in [-0.2, -0.15) is 0 Å². The summed E-state index contributed by atoms with van der Waals surface area (Å²) in [5.41, 5.74) is 0. The van der Waals surface area contributed by atoms with Crippen LogP contribution >= 0.6 is 0 Å². The van der Waals surface area contributed by atoms with E-state index in [1.54, 1.807) is 6.07 Å². The summed E-state index contributed by atoms with van der Waals surface area (Å²) in [6, 6.07) is 3.59. The molecule has 0 unspecified atom stereocenters. The van der Waals surface area contributed by atoms with Crippen LogP contribution in [-0.2, 0) is 4.79 Å². The molecule has 1 saturated carbocycles. The number of carbonyl (C=O) groups excluding carboxylic acids is 1. The summed E-state index contributed by atoms with van der Waals surface area (Å²) in [6.45, 7) is 2.97. The smallest absolute Gasteiger partial charge is 0.228 e. The molecule has 1 aliphatic carbocycles. The molecule has 86 valence electrons. The molecule has 2 N–H and O–H groups in total. The second-order valence-corrected chi connectivity index (χ2v) is 3.99. The van der Waals surface area contributed by atoms with Crippen LogP contribution in [0.25, 0.3) is 0 Å². The van der Waals surface area contributed by atoms with Crippen molar-refractivity contribution >= 4 is 17.5 Å². The number of amides is 1. The van der Waals surface area contributed by atoms with Crippen LogP contribution < -0.4 is 10.6 Å². The van der Waals surface area contributed by atoms with Gasteiger partial charge in [0.2, 0.25) is 5.91 Å².